The van der Waals surface area contributed by atoms with Crippen molar-refractivity contribution in [1.82, 2.24) is 0 Å². The normalized spacial score (nSPS) is 25.1. The van der Waals surface area contributed by atoms with E-state index in [4.69, 9.17) is 4.74 Å². The molecule has 0 radical (unpaired) electrons. The maximum absolute atomic E-state index is 12.4. The minimum absolute atomic E-state index is 0.126. The topological polar surface area (TPSA) is 43.4 Å². The van der Waals surface area contributed by atoms with Crippen molar-refractivity contribution < 1.29 is 13.2 Å². The number of ether oxygens (including phenoxy) is 1. The van der Waals surface area contributed by atoms with Crippen LogP contribution in [0.15, 0.2) is 29.2 Å². The van der Waals surface area contributed by atoms with E-state index in [1.54, 1.807) is 12.1 Å². The summed E-state index contributed by atoms with van der Waals surface area (Å²) >= 11 is 0. The third kappa shape index (κ3) is 2.38. The fraction of sp³-hybridized carbons (Fsp3) is 0.538. The van der Waals surface area contributed by atoms with Gasteiger partial charge in [0.15, 0.2) is 9.84 Å². The molecule has 1 saturated heterocycles. The monoisotopic (exact) mass is 254 g/mol. The number of rotatable bonds is 3. The molecule has 3 nitrogen and oxygen atoms in total. The average Bonchev–Trinajstić information content (AvgIpc) is 2.78. The van der Waals surface area contributed by atoms with Crippen molar-refractivity contribution in [2.24, 2.45) is 5.92 Å². The minimum Gasteiger partial charge on any atom is -0.380 e. The van der Waals surface area contributed by atoms with Crippen LogP contribution in [0.25, 0.3) is 0 Å². The van der Waals surface area contributed by atoms with E-state index < -0.39 is 9.84 Å². The summed E-state index contributed by atoms with van der Waals surface area (Å²) in [5.74, 6) is 0.126. The number of hydrogen-bond donors (Lipinski definition) is 0. The molecule has 0 unspecified atom stereocenters. The molecule has 0 N–H and O–H groups in total. The summed E-state index contributed by atoms with van der Waals surface area (Å²) in [7, 11) is -3.24. The first-order chi connectivity index (χ1) is 8.05. The summed E-state index contributed by atoms with van der Waals surface area (Å²) in [6.45, 7) is 4.85. The van der Waals surface area contributed by atoms with Gasteiger partial charge in [-0.25, -0.2) is 8.42 Å². The first kappa shape index (κ1) is 12.6. The number of aryl methyl sites for hydroxylation is 1. The van der Waals surface area contributed by atoms with Crippen LogP contribution in [0.2, 0.25) is 0 Å². The SMILES string of the molecule is CC[C@@H]1COC[C@H]1S(=O)(=O)c1ccc(C)cc1. The van der Waals surface area contributed by atoms with Crippen LogP contribution in [0.3, 0.4) is 0 Å². The lowest BCUT2D eigenvalue weighted by atomic mass is 10.1. The Balaban J connectivity index is 2.33. The van der Waals surface area contributed by atoms with Gasteiger partial charge in [-0.1, -0.05) is 24.6 Å². The Morgan fingerprint density at radius 2 is 1.88 bits per heavy atom. The lowest BCUT2D eigenvalue weighted by Crippen LogP contribution is -2.28. The average molecular weight is 254 g/mol. The fourth-order valence-electron chi connectivity index (χ4n) is 2.21. The van der Waals surface area contributed by atoms with Gasteiger partial charge in [-0.2, -0.15) is 0 Å². The van der Waals surface area contributed by atoms with Crippen LogP contribution >= 0.6 is 0 Å². The van der Waals surface area contributed by atoms with Crippen LogP contribution in [0.5, 0.6) is 0 Å². The van der Waals surface area contributed by atoms with Crippen molar-refractivity contribution in [2.45, 2.75) is 30.4 Å². The van der Waals surface area contributed by atoms with E-state index in [1.165, 1.54) is 0 Å². The van der Waals surface area contributed by atoms with Crippen molar-refractivity contribution in [2.75, 3.05) is 13.2 Å². The Labute approximate surface area is 103 Å². The van der Waals surface area contributed by atoms with Crippen molar-refractivity contribution >= 4 is 9.84 Å². The van der Waals surface area contributed by atoms with Crippen LogP contribution in [0, 0.1) is 12.8 Å². The molecule has 1 heterocycles. The molecule has 2 atom stereocenters. The van der Waals surface area contributed by atoms with Gasteiger partial charge in [-0.3, -0.25) is 0 Å². The highest BCUT2D eigenvalue weighted by Gasteiger charge is 2.38. The van der Waals surface area contributed by atoms with Crippen LogP contribution in [0.4, 0.5) is 0 Å². The molecule has 94 valence electrons. The highest BCUT2D eigenvalue weighted by molar-refractivity contribution is 7.92. The summed E-state index contributed by atoms with van der Waals surface area (Å²) in [5.41, 5.74) is 1.07. The first-order valence-corrected chi connectivity index (χ1v) is 7.48. The number of hydrogen-bond acceptors (Lipinski definition) is 3. The van der Waals surface area contributed by atoms with Crippen molar-refractivity contribution in [1.29, 1.82) is 0 Å². The van der Waals surface area contributed by atoms with Gasteiger partial charge < -0.3 is 4.74 Å². The maximum Gasteiger partial charge on any atom is 0.183 e. The summed E-state index contributed by atoms with van der Waals surface area (Å²) in [6.07, 6.45) is 0.843. The zero-order chi connectivity index (χ0) is 12.5. The largest absolute Gasteiger partial charge is 0.380 e. The van der Waals surface area contributed by atoms with Gasteiger partial charge in [-0.05, 0) is 25.5 Å². The standard InChI is InChI=1S/C13H18O3S/c1-3-11-8-16-9-13(11)17(14,15)12-6-4-10(2)5-7-12/h4-7,11,13H,3,8-9H2,1-2H3/t11-,13-/m1/s1. The molecule has 1 aliphatic rings. The molecular formula is C13H18O3S. The molecule has 1 fully saturated rings. The van der Waals surface area contributed by atoms with Crippen molar-refractivity contribution in [3.05, 3.63) is 29.8 Å². The zero-order valence-corrected chi connectivity index (χ0v) is 11.0. The predicted molar refractivity (Wildman–Crippen MR) is 66.8 cm³/mol. The Hall–Kier alpha value is -0.870. The Morgan fingerprint density at radius 3 is 2.47 bits per heavy atom. The Morgan fingerprint density at radius 1 is 1.24 bits per heavy atom. The third-order valence-corrected chi connectivity index (χ3v) is 5.66. The highest BCUT2D eigenvalue weighted by Crippen LogP contribution is 2.28. The second kappa shape index (κ2) is 4.78. The highest BCUT2D eigenvalue weighted by atomic mass is 32.2. The van der Waals surface area contributed by atoms with Crippen LogP contribution in [-0.2, 0) is 14.6 Å². The summed E-state index contributed by atoms with van der Waals surface area (Å²) in [5, 5.41) is -0.379. The van der Waals surface area contributed by atoms with Gasteiger partial charge in [0.05, 0.1) is 23.4 Å². The number of sulfone groups is 1. The molecular weight excluding hydrogens is 236 g/mol. The molecule has 17 heavy (non-hydrogen) atoms. The molecule has 0 aliphatic carbocycles. The second-order valence-corrected chi connectivity index (χ2v) is 6.77. The van der Waals surface area contributed by atoms with Gasteiger partial charge in [0.2, 0.25) is 0 Å². The predicted octanol–water partition coefficient (Wildman–Crippen LogP) is 2.19. The smallest absolute Gasteiger partial charge is 0.183 e. The van der Waals surface area contributed by atoms with Gasteiger partial charge in [-0.15, -0.1) is 0 Å². The van der Waals surface area contributed by atoms with E-state index in [1.807, 2.05) is 26.0 Å². The van der Waals surface area contributed by atoms with Gasteiger partial charge in [0.25, 0.3) is 0 Å². The fourth-order valence-corrected chi connectivity index (χ4v) is 4.12. The maximum atomic E-state index is 12.4. The molecule has 1 aromatic rings. The van der Waals surface area contributed by atoms with E-state index in [0.717, 1.165) is 12.0 Å². The Kier molecular flexibility index (Phi) is 3.54. The van der Waals surface area contributed by atoms with Crippen molar-refractivity contribution in [3.8, 4) is 0 Å². The van der Waals surface area contributed by atoms with E-state index in [2.05, 4.69) is 0 Å². The van der Waals surface area contributed by atoms with Crippen LogP contribution < -0.4 is 0 Å². The summed E-state index contributed by atoms with van der Waals surface area (Å²) in [4.78, 5) is 0.414. The molecule has 0 aromatic heterocycles. The molecule has 0 amide bonds. The van der Waals surface area contributed by atoms with E-state index in [-0.39, 0.29) is 11.2 Å². The van der Waals surface area contributed by atoms with Gasteiger partial charge >= 0.3 is 0 Å². The van der Waals surface area contributed by atoms with Crippen LogP contribution in [0.1, 0.15) is 18.9 Å². The molecule has 0 bridgehead atoms. The molecule has 1 aromatic carbocycles. The van der Waals surface area contributed by atoms with Gasteiger partial charge in [0.1, 0.15) is 0 Å². The van der Waals surface area contributed by atoms with Crippen LogP contribution in [-0.4, -0.2) is 26.9 Å². The number of benzene rings is 1. The molecule has 2 rings (SSSR count). The molecule has 4 heteroatoms. The van der Waals surface area contributed by atoms with E-state index in [0.29, 0.717) is 18.1 Å². The second-order valence-electron chi connectivity index (χ2n) is 4.60. The Bertz CT molecular complexity index is 476. The first-order valence-electron chi connectivity index (χ1n) is 5.94. The van der Waals surface area contributed by atoms with E-state index in [9.17, 15) is 8.42 Å². The van der Waals surface area contributed by atoms with Crippen molar-refractivity contribution in [3.63, 3.8) is 0 Å². The molecule has 0 saturated carbocycles. The molecule has 0 spiro atoms. The lowest BCUT2D eigenvalue weighted by molar-refractivity contribution is 0.185. The third-order valence-electron chi connectivity index (χ3n) is 3.41. The quantitative estimate of drug-likeness (QED) is 0.830. The van der Waals surface area contributed by atoms with Gasteiger partial charge in [0, 0.05) is 5.92 Å². The zero-order valence-electron chi connectivity index (χ0n) is 10.2. The van der Waals surface area contributed by atoms with E-state index >= 15 is 0 Å². The summed E-state index contributed by atoms with van der Waals surface area (Å²) in [6, 6.07) is 7.05. The minimum atomic E-state index is -3.24. The molecule has 1 aliphatic heterocycles. The lowest BCUT2D eigenvalue weighted by Gasteiger charge is -2.16. The summed E-state index contributed by atoms with van der Waals surface area (Å²) < 4.78 is 30.2.